The van der Waals surface area contributed by atoms with Gasteiger partial charge in [-0.05, 0) is 50.8 Å². The summed E-state index contributed by atoms with van der Waals surface area (Å²) in [4.78, 5) is 23.0. The molecule has 1 saturated carbocycles. The lowest BCUT2D eigenvalue weighted by molar-refractivity contribution is -0.138. The maximum Gasteiger partial charge on any atom is 0.325 e. The van der Waals surface area contributed by atoms with Crippen LogP contribution in [-0.2, 0) is 4.79 Å². The maximum absolute atomic E-state index is 12.2. The molecule has 2 rings (SSSR count). The monoisotopic (exact) mass is 311 g/mol. The van der Waals surface area contributed by atoms with Gasteiger partial charge >= 0.3 is 5.97 Å². The number of carbonyl (C=O) groups is 2. The number of hydrogen-bond acceptors (Lipinski definition) is 3. The fourth-order valence-electron chi connectivity index (χ4n) is 2.30. The van der Waals surface area contributed by atoms with Crippen LogP contribution in [0.1, 0.15) is 43.0 Å². The molecular weight excluding hydrogens is 294 g/mol. The van der Waals surface area contributed by atoms with Crippen molar-refractivity contribution in [3.05, 3.63) is 28.8 Å². The van der Waals surface area contributed by atoms with Crippen molar-refractivity contribution in [3.63, 3.8) is 0 Å². The van der Waals surface area contributed by atoms with Gasteiger partial charge in [-0.15, -0.1) is 0 Å². The Balaban J connectivity index is 2.17. The fourth-order valence-corrected chi connectivity index (χ4v) is 2.48. The summed E-state index contributed by atoms with van der Waals surface area (Å²) in [5.41, 5.74) is 0.266. The molecule has 0 spiro atoms. The minimum absolute atomic E-state index is 0.106. The average molecular weight is 312 g/mol. The molecule has 2 N–H and O–H groups in total. The second kappa shape index (κ2) is 6.80. The third kappa shape index (κ3) is 4.11. The normalized spacial score (nSPS) is 16.5. The van der Waals surface area contributed by atoms with Crippen molar-refractivity contribution < 1.29 is 19.4 Å². The highest BCUT2D eigenvalue weighted by molar-refractivity contribution is 6.31. The Labute approximate surface area is 128 Å². The molecule has 0 bridgehead atoms. The van der Waals surface area contributed by atoms with E-state index in [1.165, 1.54) is 13.0 Å². The molecule has 0 radical (unpaired) electrons. The topological polar surface area (TPSA) is 75.6 Å². The van der Waals surface area contributed by atoms with Gasteiger partial charge in [0.25, 0.3) is 5.91 Å². The first kappa shape index (κ1) is 15.6. The third-order valence-electron chi connectivity index (χ3n) is 3.50. The van der Waals surface area contributed by atoms with Gasteiger partial charge < -0.3 is 15.2 Å². The lowest BCUT2D eigenvalue weighted by Gasteiger charge is -2.17. The molecule has 0 saturated heterocycles. The van der Waals surface area contributed by atoms with Crippen LogP contribution in [0.2, 0.25) is 5.02 Å². The van der Waals surface area contributed by atoms with Gasteiger partial charge in [-0.2, -0.15) is 0 Å². The van der Waals surface area contributed by atoms with Crippen molar-refractivity contribution >= 4 is 23.5 Å². The van der Waals surface area contributed by atoms with E-state index < -0.39 is 17.9 Å². The van der Waals surface area contributed by atoms with Crippen molar-refractivity contribution in [2.75, 3.05) is 0 Å². The molecule has 0 aromatic heterocycles. The van der Waals surface area contributed by atoms with Crippen LogP contribution in [0.15, 0.2) is 18.2 Å². The third-order valence-corrected chi connectivity index (χ3v) is 3.74. The summed E-state index contributed by atoms with van der Waals surface area (Å²) in [5, 5.41) is 11.7. The van der Waals surface area contributed by atoms with Crippen LogP contribution >= 0.6 is 11.6 Å². The fraction of sp³-hybridized carbons (Fsp3) is 0.467. The highest BCUT2D eigenvalue weighted by Gasteiger charge is 2.22. The van der Waals surface area contributed by atoms with Gasteiger partial charge in [-0.25, -0.2) is 0 Å². The average Bonchev–Trinajstić information content (AvgIpc) is 2.93. The first-order valence-corrected chi connectivity index (χ1v) is 7.35. The predicted molar refractivity (Wildman–Crippen MR) is 78.9 cm³/mol. The molecule has 1 amide bonds. The Morgan fingerprint density at radius 1 is 1.38 bits per heavy atom. The van der Waals surface area contributed by atoms with Crippen LogP contribution in [0.3, 0.4) is 0 Å². The molecule has 1 fully saturated rings. The Hall–Kier alpha value is -1.75. The van der Waals surface area contributed by atoms with Crippen molar-refractivity contribution in [2.45, 2.75) is 44.8 Å². The van der Waals surface area contributed by atoms with Crippen LogP contribution in [-0.4, -0.2) is 29.1 Å². The number of amides is 1. The van der Waals surface area contributed by atoms with Crippen LogP contribution in [0.25, 0.3) is 0 Å². The smallest absolute Gasteiger partial charge is 0.325 e. The Bertz CT molecular complexity index is 540. The number of halogens is 1. The van der Waals surface area contributed by atoms with Crippen molar-refractivity contribution in [3.8, 4) is 5.75 Å². The summed E-state index contributed by atoms with van der Waals surface area (Å²) >= 11 is 5.92. The zero-order valence-corrected chi connectivity index (χ0v) is 12.5. The molecule has 1 aromatic carbocycles. The van der Waals surface area contributed by atoms with Gasteiger partial charge in [0.15, 0.2) is 0 Å². The molecule has 0 aliphatic heterocycles. The molecule has 21 heavy (non-hydrogen) atoms. The summed E-state index contributed by atoms with van der Waals surface area (Å²) in [6, 6.07) is 3.83. The molecule has 1 aliphatic carbocycles. The highest BCUT2D eigenvalue weighted by Crippen LogP contribution is 2.28. The second-order valence-corrected chi connectivity index (χ2v) is 5.63. The Kier molecular flexibility index (Phi) is 5.07. The van der Waals surface area contributed by atoms with E-state index in [2.05, 4.69) is 5.32 Å². The number of carboxylic acid groups (broad SMARTS) is 1. The largest absolute Gasteiger partial charge is 0.490 e. The first-order valence-electron chi connectivity index (χ1n) is 6.97. The van der Waals surface area contributed by atoms with E-state index in [4.69, 9.17) is 21.4 Å². The number of aliphatic carboxylic acids is 1. The van der Waals surface area contributed by atoms with Crippen LogP contribution in [0, 0.1) is 0 Å². The minimum Gasteiger partial charge on any atom is -0.490 e. The van der Waals surface area contributed by atoms with Crippen LogP contribution < -0.4 is 10.1 Å². The molecule has 1 aromatic rings. The van der Waals surface area contributed by atoms with E-state index >= 15 is 0 Å². The van der Waals surface area contributed by atoms with E-state index in [-0.39, 0.29) is 11.7 Å². The van der Waals surface area contributed by atoms with E-state index in [0.29, 0.717) is 10.8 Å². The van der Waals surface area contributed by atoms with Gasteiger partial charge in [0.05, 0.1) is 11.7 Å². The van der Waals surface area contributed by atoms with Crippen LogP contribution in [0.5, 0.6) is 5.75 Å². The molecule has 0 unspecified atom stereocenters. The van der Waals surface area contributed by atoms with Gasteiger partial charge in [-0.1, -0.05) is 11.6 Å². The molecule has 1 aliphatic rings. The van der Waals surface area contributed by atoms with E-state index in [9.17, 15) is 9.59 Å². The zero-order chi connectivity index (χ0) is 15.4. The molecular formula is C15H18ClNO4. The molecule has 1 atom stereocenters. The molecule has 0 heterocycles. The number of carbonyl (C=O) groups excluding carboxylic acids is 1. The van der Waals surface area contributed by atoms with Gasteiger partial charge in [0, 0.05) is 5.02 Å². The molecule has 114 valence electrons. The Morgan fingerprint density at radius 3 is 2.67 bits per heavy atom. The number of hydrogen-bond donors (Lipinski definition) is 2. The van der Waals surface area contributed by atoms with Gasteiger partial charge in [0.1, 0.15) is 11.8 Å². The maximum atomic E-state index is 12.2. The summed E-state index contributed by atoms with van der Waals surface area (Å²) in [6.45, 7) is 1.41. The standard InChI is InChI=1S/C15H18ClNO4/c1-9(15(19)20)17-14(18)12-8-10(16)6-7-13(12)21-11-4-2-3-5-11/h6-9,11H,2-5H2,1H3,(H,17,18)(H,19,20)/t9-/m1/s1. The van der Waals surface area contributed by atoms with E-state index in [1.807, 2.05) is 0 Å². The Morgan fingerprint density at radius 2 is 2.05 bits per heavy atom. The predicted octanol–water partition coefficient (Wildman–Crippen LogP) is 2.86. The molecule has 6 heteroatoms. The number of ether oxygens (including phenoxy) is 1. The number of nitrogens with one attached hydrogen (secondary N) is 1. The summed E-state index contributed by atoms with van der Waals surface area (Å²) in [6.07, 6.45) is 4.28. The van der Waals surface area contributed by atoms with E-state index in [1.54, 1.807) is 12.1 Å². The lowest BCUT2D eigenvalue weighted by Crippen LogP contribution is -2.38. The summed E-state index contributed by atoms with van der Waals surface area (Å²) in [5.74, 6) is -1.15. The van der Waals surface area contributed by atoms with Crippen molar-refractivity contribution in [1.82, 2.24) is 5.32 Å². The summed E-state index contributed by atoms with van der Waals surface area (Å²) in [7, 11) is 0. The molecule has 5 nitrogen and oxygen atoms in total. The van der Waals surface area contributed by atoms with Crippen molar-refractivity contribution in [2.24, 2.45) is 0 Å². The SMILES string of the molecule is C[C@@H](NC(=O)c1cc(Cl)ccc1OC1CCCC1)C(=O)O. The van der Waals surface area contributed by atoms with Crippen LogP contribution in [0.4, 0.5) is 0 Å². The van der Waals surface area contributed by atoms with E-state index in [0.717, 1.165) is 25.7 Å². The minimum atomic E-state index is -1.09. The number of rotatable bonds is 5. The highest BCUT2D eigenvalue weighted by atomic mass is 35.5. The zero-order valence-electron chi connectivity index (χ0n) is 11.8. The number of carboxylic acids is 1. The van der Waals surface area contributed by atoms with Gasteiger partial charge in [0.2, 0.25) is 0 Å². The second-order valence-electron chi connectivity index (χ2n) is 5.20. The quantitative estimate of drug-likeness (QED) is 0.876. The van der Waals surface area contributed by atoms with Gasteiger partial charge in [-0.3, -0.25) is 9.59 Å². The van der Waals surface area contributed by atoms with Crippen molar-refractivity contribution in [1.29, 1.82) is 0 Å². The number of benzene rings is 1. The summed E-state index contributed by atoms with van der Waals surface area (Å²) < 4.78 is 5.86. The lowest BCUT2D eigenvalue weighted by atomic mass is 10.1. The first-order chi connectivity index (χ1) is 9.97.